The molecular formula is C17H21N5O5S. The topological polar surface area (TPSA) is 140 Å². The van der Waals surface area contributed by atoms with Crippen LogP contribution in [-0.2, 0) is 19.5 Å². The van der Waals surface area contributed by atoms with Gasteiger partial charge in [0.2, 0.25) is 10.0 Å². The molecule has 0 atom stereocenters. The van der Waals surface area contributed by atoms with E-state index in [1.807, 2.05) is 0 Å². The Hall–Kier alpha value is -2.47. The first-order chi connectivity index (χ1) is 13.4. The highest BCUT2D eigenvalue weighted by Gasteiger charge is 2.42. The Morgan fingerprint density at radius 3 is 2.43 bits per heavy atom. The Labute approximate surface area is 162 Å². The molecular weight excluding hydrogens is 386 g/mol. The van der Waals surface area contributed by atoms with Crippen LogP contribution < -0.4 is 11.1 Å². The lowest BCUT2D eigenvalue weighted by atomic mass is 10.1. The second kappa shape index (κ2) is 7.17. The number of amides is 1. The standard InChI is InChI=1S/C17H21N5O5S/c18-15(23)14-11-19-21-16(14)20-12-1-3-13(4-2-12)28(24,25)22-7-5-17(6-8-22)26-9-10-27-17/h1-4,11H,5-10H2,(H2,18,23)(H2,19,20,21). The first-order valence-electron chi connectivity index (χ1n) is 8.88. The van der Waals surface area contributed by atoms with Crippen molar-refractivity contribution in [1.82, 2.24) is 14.5 Å². The molecule has 1 spiro atoms. The number of nitrogens with one attached hydrogen (secondary N) is 2. The molecule has 150 valence electrons. The van der Waals surface area contributed by atoms with Crippen molar-refractivity contribution in [2.45, 2.75) is 23.5 Å². The Kier molecular flexibility index (Phi) is 4.83. The van der Waals surface area contributed by atoms with E-state index >= 15 is 0 Å². The van der Waals surface area contributed by atoms with Gasteiger partial charge >= 0.3 is 0 Å². The molecule has 1 aromatic heterocycles. The zero-order valence-corrected chi connectivity index (χ0v) is 15.9. The number of carbonyl (C=O) groups excluding carboxylic acids is 1. The van der Waals surface area contributed by atoms with Crippen LogP contribution in [0.3, 0.4) is 0 Å². The van der Waals surface area contributed by atoms with Crippen LogP contribution >= 0.6 is 0 Å². The van der Waals surface area contributed by atoms with Crippen LogP contribution in [0.5, 0.6) is 0 Å². The fourth-order valence-electron chi connectivity index (χ4n) is 3.42. The highest BCUT2D eigenvalue weighted by molar-refractivity contribution is 7.89. The van der Waals surface area contributed by atoms with Crippen molar-refractivity contribution in [1.29, 1.82) is 0 Å². The number of H-pyrrole nitrogens is 1. The highest BCUT2D eigenvalue weighted by atomic mass is 32.2. The van der Waals surface area contributed by atoms with Crippen LogP contribution in [0.15, 0.2) is 35.4 Å². The largest absolute Gasteiger partial charge is 0.365 e. The molecule has 28 heavy (non-hydrogen) atoms. The van der Waals surface area contributed by atoms with E-state index in [1.54, 1.807) is 12.1 Å². The number of aromatic amines is 1. The fraction of sp³-hybridized carbons (Fsp3) is 0.412. The molecule has 0 bridgehead atoms. The summed E-state index contributed by atoms with van der Waals surface area (Å²) in [5.41, 5.74) is 6.08. The van der Waals surface area contributed by atoms with Gasteiger partial charge in [-0.2, -0.15) is 9.40 Å². The van der Waals surface area contributed by atoms with Gasteiger partial charge in [0, 0.05) is 37.8 Å². The van der Waals surface area contributed by atoms with Crippen molar-refractivity contribution >= 4 is 27.4 Å². The third-order valence-corrected chi connectivity index (χ3v) is 6.87. The number of primary amides is 1. The van der Waals surface area contributed by atoms with Crippen molar-refractivity contribution in [3.05, 3.63) is 36.0 Å². The van der Waals surface area contributed by atoms with E-state index in [9.17, 15) is 13.2 Å². The van der Waals surface area contributed by atoms with Gasteiger partial charge in [-0.1, -0.05) is 0 Å². The van der Waals surface area contributed by atoms with E-state index in [4.69, 9.17) is 15.2 Å². The van der Waals surface area contributed by atoms with Gasteiger partial charge < -0.3 is 20.5 Å². The molecule has 4 rings (SSSR count). The molecule has 0 saturated carbocycles. The molecule has 0 radical (unpaired) electrons. The molecule has 2 aliphatic heterocycles. The summed E-state index contributed by atoms with van der Waals surface area (Å²) >= 11 is 0. The van der Waals surface area contributed by atoms with Gasteiger partial charge in [0.1, 0.15) is 5.56 Å². The van der Waals surface area contributed by atoms with Crippen LogP contribution in [0.2, 0.25) is 0 Å². The molecule has 4 N–H and O–H groups in total. The number of hydrogen-bond acceptors (Lipinski definition) is 7. The average Bonchev–Trinajstić information content (AvgIpc) is 3.33. The highest BCUT2D eigenvalue weighted by Crippen LogP contribution is 2.33. The number of rotatable bonds is 5. The SMILES string of the molecule is NC(=O)c1c[nH]nc1Nc1ccc(S(=O)(=O)N2CCC3(CC2)OCCO3)cc1. The summed E-state index contributed by atoms with van der Waals surface area (Å²) in [6, 6.07) is 6.25. The number of benzene rings is 1. The molecule has 2 aromatic rings. The summed E-state index contributed by atoms with van der Waals surface area (Å²) in [5, 5.41) is 9.43. The minimum Gasteiger partial charge on any atom is -0.365 e. The number of sulfonamides is 1. The summed E-state index contributed by atoms with van der Waals surface area (Å²) in [6.07, 6.45) is 2.42. The van der Waals surface area contributed by atoms with E-state index in [2.05, 4.69) is 15.5 Å². The predicted molar refractivity (Wildman–Crippen MR) is 99.5 cm³/mol. The predicted octanol–water partition coefficient (Wildman–Crippen LogP) is 0.780. The number of hydrogen-bond donors (Lipinski definition) is 3. The Balaban J connectivity index is 1.45. The van der Waals surface area contributed by atoms with Gasteiger partial charge in [-0.3, -0.25) is 9.89 Å². The van der Waals surface area contributed by atoms with Gasteiger partial charge in [-0.25, -0.2) is 8.42 Å². The lowest BCUT2D eigenvalue weighted by Gasteiger charge is -2.36. The summed E-state index contributed by atoms with van der Waals surface area (Å²) in [7, 11) is -3.61. The van der Waals surface area contributed by atoms with Crippen molar-refractivity contribution < 1.29 is 22.7 Å². The van der Waals surface area contributed by atoms with Crippen molar-refractivity contribution in [2.24, 2.45) is 5.73 Å². The second-order valence-electron chi connectivity index (χ2n) is 6.67. The molecule has 11 heteroatoms. The molecule has 0 aliphatic carbocycles. The van der Waals surface area contributed by atoms with E-state index in [1.165, 1.54) is 22.6 Å². The van der Waals surface area contributed by atoms with E-state index in [0.29, 0.717) is 44.8 Å². The van der Waals surface area contributed by atoms with Crippen LogP contribution in [-0.4, -0.2) is 60.9 Å². The van der Waals surface area contributed by atoms with Gasteiger partial charge in [0.25, 0.3) is 5.91 Å². The Morgan fingerprint density at radius 2 is 1.82 bits per heavy atom. The quantitative estimate of drug-likeness (QED) is 0.665. The molecule has 3 heterocycles. The monoisotopic (exact) mass is 407 g/mol. The normalized spacial score (nSPS) is 19.7. The molecule has 2 saturated heterocycles. The van der Waals surface area contributed by atoms with Crippen molar-refractivity contribution in [3.8, 4) is 0 Å². The number of aromatic nitrogens is 2. The smallest absolute Gasteiger partial charge is 0.254 e. The number of carbonyl (C=O) groups is 1. The summed E-state index contributed by atoms with van der Waals surface area (Å²) < 4.78 is 38.6. The van der Waals surface area contributed by atoms with Gasteiger partial charge in [0.05, 0.1) is 18.1 Å². The average molecular weight is 407 g/mol. The zero-order chi connectivity index (χ0) is 19.8. The number of nitrogens with zero attached hydrogens (tertiary/aromatic N) is 2. The lowest BCUT2D eigenvalue weighted by molar-refractivity contribution is -0.179. The van der Waals surface area contributed by atoms with Crippen LogP contribution in [0.25, 0.3) is 0 Å². The fourth-order valence-corrected chi connectivity index (χ4v) is 4.86. The van der Waals surface area contributed by atoms with Gasteiger partial charge in [0.15, 0.2) is 11.6 Å². The molecule has 1 amide bonds. The van der Waals surface area contributed by atoms with Crippen LogP contribution in [0, 0.1) is 0 Å². The minimum atomic E-state index is -3.61. The number of piperidine rings is 1. The third-order valence-electron chi connectivity index (χ3n) is 4.96. The minimum absolute atomic E-state index is 0.194. The number of ether oxygens (including phenoxy) is 2. The van der Waals surface area contributed by atoms with Gasteiger partial charge in [-0.15, -0.1) is 0 Å². The molecule has 1 aromatic carbocycles. The van der Waals surface area contributed by atoms with Crippen LogP contribution in [0.4, 0.5) is 11.5 Å². The van der Waals surface area contributed by atoms with E-state index in [0.717, 1.165) is 0 Å². The first-order valence-corrected chi connectivity index (χ1v) is 10.3. The van der Waals surface area contributed by atoms with Crippen molar-refractivity contribution in [3.63, 3.8) is 0 Å². The van der Waals surface area contributed by atoms with E-state index in [-0.39, 0.29) is 16.3 Å². The Morgan fingerprint density at radius 1 is 1.18 bits per heavy atom. The van der Waals surface area contributed by atoms with Gasteiger partial charge in [-0.05, 0) is 24.3 Å². The van der Waals surface area contributed by atoms with Crippen LogP contribution in [0.1, 0.15) is 23.2 Å². The van der Waals surface area contributed by atoms with E-state index < -0.39 is 21.7 Å². The summed E-state index contributed by atoms with van der Waals surface area (Å²) in [6.45, 7) is 1.79. The second-order valence-corrected chi connectivity index (χ2v) is 8.61. The maximum Gasteiger partial charge on any atom is 0.254 e. The summed E-state index contributed by atoms with van der Waals surface area (Å²) in [5.74, 6) is -0.962. The lowest BCUT2D eigenvalue weighted by Crippen LogP contribution is -2.47. The molecule has 10 nitrogen and oxygen atoms in total. The zero-order valence-electron chi connectivity index (χ0n) is 15.1. The molecule has 2 fully saturated rings. The maximum absolute atomic E-state index is 12.9. The van der Waals surface area contributed by atoms with Crippen molar-refractivity contribution in [2.75, 3.05) is 31.6 Å². The maximum atomic E-state index is 12.9. The number of anilines is 2. The third kappa shape index (κ3) is 3.49. The Bertz CT molecular complexity index is 956. The molecule has 2 aliphatic rings. The first kappa shape index (κ1) is 18.9. The molecule has 0 unspecified atom stereocenters. The number of nitrogens with two attached hydrogens (primary N) is 1. The summed E-state index contributed by atoms with van der Waals surface area (Å²) in [4.78, 5) is 11.5.